The van der Waals surface area contributed by atoms with Crippen molar-refractivity contribution in [1.82, 2.24) is 26.6 Å². The first-order valence-electron chi connectivity index (χ1n) is 13.9. The summed E-state index contributed by atoms with van der Waals surface area (Å²) >= 11 is 4.05. The molecule has 0 bridgehead atoms. The highest BCUT2D eigenvalue weighted by Crippen LogP contribution is 2.12. The maximum atomic E-state index is 13.1. The average Bonchev–Trinajstić information content (AvgIpc) is 2.95. The first-order chi connectivity index (χ1) is 21.0. The fourth-order valence-corrected chi connectivity index (χ4v) is 4.18. The van der Waals surface area contributed by atoms with E-state index in [0.717, 1.165) is 0 Å². The van der Waals surface area contributed by atoms with Crippen molar-refractivity contribution in [2.45, 2.75) is 69.7 Å². The summed E-state index contributed by atoms with van der Waals surface area (Å²) in [6.45, 7) is 3.43. The maximum Gasteiger partial charge on any atom is 0.326 e. The van der Waals surface area contributed by atoms with Crippen LogP contribution < -0.4 is 38.1 Å². The Morgan fingerprint density at radius 2 is 1.42 bits per heavy atom. The molecule has 0 radical (unpaired) electrons. The molecule has 0 saturated heterocycles. The quantitative estimate of drug-likeness (QED) is 0.0322. The number of nitrogens with one attached hydrogen (secondary N) is 6. The summed E-state index contributed by atoms with van der Waals surface area (Å²) in [5, 5.41) is 47.5. The van der Waals surface area contributed by atoms with Crippen LogP contribution in [0.15, 0.2) is 24.3 Å². The van der Waals surface area contributed by atoms with Gasteiger partial charge in [0.05, 0.1) is 12.5 Å². The lowest BCUT2D eigenvalue weighted by Crippen LogP contribution is -2.60. The Kier molecular flexibility index (Phi) is 16.2. The number of hydrogen-bond donors (Lipinski definition) is 12. The van der Waals surface area contributed by atoms with Crippen molar-refractivity contribution in [3.8, 4) is 5.75 Å². The summed E-state index contributed by atoms with van der Waals surface area (Å²) in [6, 6.07) is -1.02. The zero-order valence-corrected chi connectivity index (χ0v) is 25.8. The topological polar surface area (TPSA) is 299 Å². The Labute approximate surface area is 265 Å². The number of carboxylic acid groups (broad SMARTS) is 2. The van der Waals surface area contributed by atoms with E-state index >= 15 is 0 Å². The first-order valence-corrected chi connectivity index (χ1v) is 14.6. The lowest BCUT2D eigenvalue weighted by atomic mass is 10.0. The Bertz CT molecular complexity index is 1220. The highest BCUT2D eigenvalue weighted by atomic mass is 32.1. The van der Waals surface area contributed by atoms with Crippen molar-refractivity contribution in [3.05, 3.63) is 29.8 Å². The van der Waals surface area contributed by atoms with E-state index in [1.165, 1.54) is 24.3 Å². The van der Waals surface area contributed by atoms with Gasteiger partial charge < -0.3 is 53.4 Å². The Morgan fingerprint density at radius 3 is 1.93 bits per heavy atom. The second kappa shape index (κ2) is 18.9. The zero-order valence-electron chi connectivity index (χ0n) is 24.9. The number of guanidine groups is 1. The van der Waals surface area contributed by atoms with Crippen LogP contribution in [0.5, 0.6) is 5.75 Å². The third-order valence-electron chi connectivity index (χ3n) is 6.41. The third kappa shape index (κ3) is 14.2. The number of carbonyl (C=O) groups is 6. The molecule has 4 amide bonds. The molecule has 0 unspecified atom stereocenters. The minimum Gasteiger partial charge on any atom is -0.508 e. The van der Waals surface area contributed by atoms with Crippen molar-refractivity contribution in [1.29, 1.82) is 5.41 Å². The van der Waals surface area contributed by atoms with Crippen LogP contribution in [0.4, 0.5) is 0 Å². The summed E-state index contributed by atoms with van der Waals surface area (Å²) in [7, 11) is 0. The number of thiol groups is 1. The largest absolute Gasteiger partial charge is 0.508 e. The van der Waals surface area contributed by atoms with Gasteiger partial charge in [-0.05, 0) is 36.5 Å². The number of aromatic hydroxyl groups is 1. The Hall–Kier alpha value is -4.58. The molecule has 0 aromatic heterocycles. The van der Waals surface area contributed by atoms with Crippen LogP contribution in [0, 0.1) is 11.3 Å². The standard InChI is InChI=1S/C27H42N8O9S/c1-13(2)21(25(42)33-18(26(43)44)10-14-5-7-15(36)8-6-14)35-23(40)17(11-20(37)38)32-24(41)19(12-45)34-22(39)16(28)4-3-9-31-27(29)30/h5-8,13,16-19,21,36,45H,3-4,9-12,28H2,1-2H3,(H,32,41)(H,33,42)(H,34,39)(H,35,40)(H,37,38)(H,43,44)(H4,29,30,31)/t16-,17-,18-,19-,21-/m0/s1. The smallest absolute Gasteiger partial charge is 0.326 e. The molecule has 0 fully saturated rings. The van der Waals surface area contributed by atoms with Gasteiger partial charge in [-0.1, -0.05) is 26.0 Å². The molecular formula is C27H42N8O9S. The fraction of sp³-hybridized carbons (Fsp3) is 0.519. The normalized spacial score (nSPS) is 14.2. The molecule has 13 N–H and O–H groups in total. The second-order valence-electron chi connectivity index (χ2n) is 10.5. The number of phenolic OH excluding ortho intramolecular Hbond substituents is 1. The van der Waals surface area contributed by atoms with Crippen LogP contribution in [-0.2, 0) is 35.2 Å². The van der Waals surface area contributed by atoms with Crippen LogP contribution in [0.2, 0.25) is 0 Å². The molecule has 250 valence electrons. The van der Waals surface area contributed by atoms with E-state index in [-0.39, 0.29) is 30.3 Å². The first kappa shape index (κ1) is 38.4. The lowest BCUT2D eigenvalue weighted by molar-refractivity contribution is -0.143. The van der Waals surface area contributed by atoms with Gasteiger partial charge in [-0.2, -0.15) is 12.6 Å². The van der Waals surface area contributed by atoms with Gasteiger partial charge in [0.25, 0.3) is 0 Å². The molecule has 1 aromatic rings. The molecule has 0 aliphatic carbocycles. The van der Waals surface area contributed by atoms with Gasteiger partial charge in [-0.25, -0.2) is 4.79 Å². The van der Waals surface area contributed by atoms with Crippen molar-refractivity contribution < 1.29 is 44.1 Å². The van der Waals surface area contributed by atoms with Crippen LogP contribution in [0.1, 0.15) is 38.7 Å². The third-order valence-corrected chi connectivity index (χ3v) is 6.77. The number of benzene rings is 1. The molecule has 1 aromatic carbocycles. The molecule has 0 aliphatic heterocycles. The van der Waals surface area contributed by atoms with E-state index in [4.69, 9.17) is 16.9 Å². The molecule has 0 spiro atoms. The monoisotopic (exact) mass is 654 g/mol. The second-order valence-corrected chi connectivity index (χ2v) is 10.9. The Balaban J connectivity index is 2.95. The number of aliphatic carboxylic acids is 2. The van der Waals surface area contributed by atoms with Gasteiger partial charge in [0.1, 0.15) is 29.9 Å². The van der Waals surface area contributed by atoms with E-state index in [2.05, 4.69) is 39.2 Å². The minimum absolute atomic E-state index is 0.0258. The van der Waals surface area contributed by atoms with E-state index < -0.39 is 78.1 Å². The zero-order chi connectivity index (χ0) is 34.3. The summed E-state index contributed by atoms with van der Waals surface area (Å²) in [5.41, 5.74) is 11.6. The molecule has 0 aliphatic rings. The molecule has 5 atom stereocenters. The van der Waals surface area contributed by atoms with E-state index in [9.17, 15) is 44.1 Å². The predicted octanol–water partition coefficient (Wildman–Crippen LogP) is -2.39. The number of hydrogen-bond acceptors (Lipinski definition) is 10. The predicted molar refractivity (Wildman–Crippen MR) is 165 cm³/mol. The van der Waals surface area contributed by atoms with Gasteiger partial charge in [-0.3, -0.25) is 29.4 Å². The highest BCUT2D eigenvalue weighted by molar-refractivity contribution is 7.80. The molecule has 17 nitrogen and oxygen atoms in total. The maximum absolute atomic E-state index is 13.1. The molecule has 1 rings (SSSR count). The van der Waals surface area contributed by atoms with E-state index in [0.29, 0.717) is 18.5 Å². The average molecular weight is 655 g/mol. The minimum atomic E-state index is -1.68. The number of carbonyl (C=O) groups excluding carboxylic acids is 4. The number of nitrogens with two attached hydrogens (primary N) is 2. The molecule has 45 heavy (non-hydrogen) atoms. The number of carboxylic acids is 2. The number of amides is 4. The summed E-state index contributed by atoms with van der Waals surface area (Å²) in [4.78, 5) is 75.0. The van der Waals surface area contributed by atoms with Crippen LogP contribution in [0.25, 0.3) is 0 Å². The van der Waals surface area contributed by atoms with Gasteiger partial charge >= 0.3 is 11.9 Å². The van der Waals surface area contributed by atoms with Gasteiger partial charge in [0.15, 0.2) is 5.96 Å². The van der Waals surface area contributed by atoms with Crippen molar-refractivity contribution >= 4 is 54.2 Å². The summed E-state index contributed by atoms with van der Waals surface area (Å²) in [6.07, 6.45) is -0.430. The van der Waals surface area contributed by atoms with Crippen LogP contribution >= 0.6 is 12.6 Å². The van der Waals surface area contributed by atoms with Gasteiger partial charge in [0.2, 0.25) is 23.6 Å². The fourth-order valence-electron chi connectivity index (χ4n) is 3.92. The van der Waals surface area contributed by atoms with E-state index in [1.807, 2.05) is 0 Å². The van der Waals surface area contributed by atoms with Crippen molar-refractivity contribution in [2.24, 2.45) is 17.4 Å². The molecule has 0 heterocycles. The number of rotatable bonds is 19. The number of phenols is 1. The van der Waals surface area contributed by atoms with Crippen molar-refractivity contribution in [3.63, 3.8) is 0 Å². The van der Waals surface area contributed by atoms with Crippen LogP contribution in [-0.4, -0.2) is 99.4 Å². The lowest BCUT2D eigenvalue weighted by Gasteiger charge is -2.27. The van der Waals surface area contributed by atoms with Gasteiger partial charge in [0, 0.05) is 18.7 Å². The Morgan fingerprint density at radius 1 is 0.867 bits per heavy atom. The van der Waals surface area contributed by atoms with Crippen molar-refractivity contribution in [2.75, 3.05) is 12.3 Å². The molecular weight excluding hydrogens is 612 g/mol. The van der Waals surface area contributed by atoms with Gasteiger partial charge in [-0.15, -0.1) is 0 Å². The summed E-state index contributed by atoms with van der Waals surface area (Å²) in [5.74, 6) is -7.43. The highest BCUT2D eigenvalue weighted by Gasteiger charge is 2.33. The van der Waals surface area contributed by atoms with Crippen LogP contribution in [0.3, 0.4) is 0 Å². The summed E-state index contributed by atoms with van der Waals surface area (Å²) < 4.78 is 0. The molecule has 0 saturated carbocycles. The van der Waals surface area contributed by atoms with E-state index in [1.54, 1.807) is 13.8 Å². The molecule has 18 heteroatoms. The SMILES string of the molecule is CC(C)[C@H](NC(=O)[C@H](CC(=O)O)NC(=O)[C@H](CS)NC(=O)[C@@H](N)CCCNC(=N)N)C(=O)N[C@@H](Cc1ccc(O)cc1)C(=O)O.